The molecule has 2 heterocycles. The fraction of sp³-hybridized carbons (Fsp3) is 0.481. The Morgan fingerprint density at radius 2 is 1.66 bits per heavy atom. The maximum atomic E-state index is 14.1. The molecule has 0 bridgehead atoms. The Morgan fingerprint density at radius 1 is 1.03 bits per heavy atom. The van der Waals surface area contributed by atoms with Crippen molar-refractivity contribution in [2.75, 3.05) is 33.2 Å². The number of halogens is 3. The van der Waals surface area contributed by atoms with Crippen LogP contribution >= 0.6 is 0 Å². The van der Waals surface area contributed by atoms with E-state index in [0.717, 1.165) is 49.7 Å². The predicted octanol–water partition coefficient (Wildman–Crippen LogP) is 4.44. The van der Waals surface area contributed by atoms with Crippen LogP contribution in [0.1, 0.15) is 50.0 Å². The smallest absolute Gasteiger partial charge is 0.255 e. The topological polar surface area (TPSA) is 52.7 Å². The molecule has 2 atom stereocenters. The first-order valence-corrected chi connectivity index (χ1v) is 12.1. The van der Waals surface area contributed by atoms with Gasteiger partial charge in [-0.05, 0) is 67.1 Å². The normalized spacial score (nSPS) is 20.9. The zero-order chi connectivity index (χ0) is 25.3. The average Bonchev–Trinajstić information content (AvgIpc) is 3.14. The summed E-state index contributed by atoms with van der Waals surface area (Å²) in [5.41, 5.74) is 0.683. The maximum Gasteiger partial charge on any atom is 0.255 e. The molecule has 1 spiro atoms. The van der Waals surface area contributed by atoms with E-state index in [9.17, 15) is 22.8 Å². The Bertz CT molecular complexity index is 1090. The van der Waals surface area contributed by atoms with Gasteiger partial charge in [-0.25, -0.2) is 13.2 Å². The molecule has 35 heavy (non-hydrogen) atoms. The number of nitrogens with one attached hydrogen (secondary N) is 1. The van der Waals surface area contributed by atoms with Crippen LogP contribution in [0.4, 0.5) is 13.2 Å². The van der Waals surface area contributed by atoms with E-state index in [-0.39, 0.29) is 30.4 Å². The van der Waals surface area contributed by atoms with Crippen molar-refractivity contribution in [1.82, 2.24) is 15.1 Å². The van der Waals surface area contributed by atoms with Gasteiger partial charge in [0.1, 0.15) is 23.5 Å². The van der Waals surface area contributed by atoms with Crippen molar-refractivity contribution in [3.8, 4) is 0 Å². The van der Waals surface area contributed by atoms with Crippen LogP contribution in [0.3, 0.4) is 0 Å². The van der Waals surface area contributed by atoms with Gasteiger partial charge in [-0.1, -0.05) is 26.0 Å². The highest BCUT2D eigenvalue weighted by atomic mass is 19.1. The second kappa shape index (κ2) is 10.0. The minimum atomic E-state index is -0.849. The van der Waals surface area contributed by atoms with E-state index < -0.39 is 29.1 Å². The number of hydrogen-bond donors (Lipinski definition) is 1. The highest BCUT2D eigenvalue weighted by molar-refractivity contribution is 5.97. The molecule has 2 aromatic carbocycles. The summed E-state index contributed by atoms with van der Waals surface area (Å²) < 4.78 is 41.1. The summed E-state index contributed by atoms with van der Waals surface area (Å²) in [4.78, 5) is 30.1. The quantitative estimate of drug-likeness (QED) is 0.676. The number of rotatable bonds is 5. The lowest BCUT2D eigenvalue weighted by Crippen LogP contribution is -2.54. The zero-order valence-corrected chi connectivity index (χ0v) is 20.4. The maximum absolute atomic E-state index is 14.1. The number of amides is 2. The molecule has 4 rings (SSSR count). The monoisotopic (exact) mass is 489 g/mol. The van der Waals surface area contributed by atoms with Gasteiger partial charge in [-0.15, -0.1) is 0 Å². The second-order valence-electron chi connectivity index (χ2n) is 10.3. The molecule has 1 unspecified atom stereocenters. The van der Waals surface area contributed by atoms with E-state index in [4.69, 9.17) is 0 Å². The van der Waals surface area contributed by atoms with Crippen LogP contribution in [0.2, 0.25) is 0 Å². The van der Waals surface area contributed by atoms with E-state index in [1.54, 1.807) is 4.90 Å². The average molecular weight is 490 g/mol. The molecule has 2 aromatic rings. The van der Waals surface area contributed by atoms with Crippen molar-refractivity contribution in [3.05, 3.63) is 71.0 Å². The lowest BCUT2D eigenvalue weighted by Gasteiger charge is -2.44. The third-order valence-corrected chi connectivity index (χ3v) is 7.55. The number of carbonyl (C=O) groups is 2. The fourth-order valence-electron chi connectivity index (χ4n) is 5.65. The number of piperidine rings is 1. The number of hydrogen-bond acceptors (Lipinski definition) is 3. The Hall–Kier alpha value is -2.87. The van der Waals surface area contributed by atoms with Crippen LogP contribution in [-0.2, 0) is 4.79 Å². The van der Waals surface area contributed by atoms with E-state index in [2.05, 4.69) is 17.3 Å². The molecule has 5 nitrogen and oxygen atoms in total. The summed E-state index contributed by atoms with van der Waals surface area (Å²) in [6, 6.07) is 8.54. The first kappa shape index (κ1) is 25.2. The lowest BCUT2D eigenvalue weighted by atomic mass is 9.68. The zero-order valence-electron chi connectivity index (χ0n) is 20.4. The number of likely N-dealkylation sites (tertiary alicyclic amines) is 2. The van der Waals surface area contributed by atoms with Crippen molar-refractivity contribution >= 4 is 11.8 Å². The Morgan fingerprint density at radius 3 is 2.29 bits per heavy atom. The molecule has 2 fully saturated rings. The molecule has 0 saturated carbocycles. The fourth-order valence-corrected chi connectivity index (χ4v) is 5.65. The van der Waals surface area contributed by atoms with Gasteiger partial charge in [0.2, 0.25) is 5.91 Å². The van der Waals surface area contributed by atoms with Gasteiger partial charge >= 0.3 is 0 Å². The van der Waals surface area contributed by atoms with Gasteiger partial charge < -0.3 is 15.1 Å². The molecule has 0 aliphatic carbocycles. The minimum absolute atomic E-state index is 0. The van der Waals surface area contributed by atoms with E-state index >= 15 is 0 Å². The van der Waals surface area contributed by atoms with Gasteiger partial charge in [0.05, 0.1) is 5.56 Å². The highest BCUT2D eigenvalue weighted by Gasteiger charge is 2.48. The number of carbonyl (C=O) groups excluding carboxylic acids is 2. The second-order valence-corrected chi connectivity index (χ2v) is 10.3. The molecular weight excluding hydrogens is 455 g/mol. The molecule has 0 radical (unpaired) electrons. The van der Waals surface area contributed by atoms with E-state index in [1.165, 1.54) is 12.1 Å². The largest absolute Gasteiger partial charge is 0.341 e. The lowest BCUT2D eigenvalue weighted by molar-refractivity contribution is -0.136. The Kier molecular flexibility index (Phi) is 7.22. The molecule has 0 aromatic heterocycles. The van der Waals surface area contributed by atoms with Gasteiger partial charge in [0, 0.05) is 33.5 Å². The third kappa shape index (κ3) is 5.22. The molecular formula is C27H34F3N3O2. The van der Waals surface area contributed by atoms with Crippen molar-refractivity contribution in [3.63, 3.8) is 0 Å². The van der Waals surface area contributed by atoms with Crippen molar-refractivity contribution < 1.29 is 24.2 Å². The summed E-state index contributed by atoms with van der Waals surface area (Å²) in [7, 11) is 2.08. The number of nitrogens with zero attached hydrogens (tertiary/aromatic N) is 2. The Labute approximate surface area is 205 Å². The van der Waals surface area contributed by atoms with Gasteiger partial charge in [0.25, 0.3) is 5.91 Å². The summed E-state index contributed by atoms with van der Waals surface area (Å²) in [6.45, 7) is 6.48. The number of benzene rings is 2. The van der Waals surface area contributed by atoms with Crippen molar-refractivity contribution in [1.29, 1.82) is 0 Å². The van der Waals surface area contributed by atoms with Crippen LogP contribution in [0.25, 0.3) is 0 Å². The first-order chi connectivity index (χ1) is 16.6. The molecule has 2 saturated heterocycles. The summed E-state index contributed by atoms with van der Waals surface area (Å²) in [6.07, 6.45) is 1.59. The molecule has 1 N–H and O–H groups in total. The van der Waals surface area contributed by atoms with E-state index in [1.807, 2.05) is 26.0 Å². The van der Waals surface area contributed by atoms with Crippen molar-refractivity contribution in [2.45, 2.75) is 38.6 Å². The number of likely N-dealkylation sites (N-methyl/N-ethyl adjacent to an activating group) is 1. The highest BCUT2D eigenvalue weighted by Crippen LogP contribution is 2.49. The van der Waals surface area contributed by atoms with Gasteiger partial charge in [-0.3, -0.25) is 9.59 Å². The van der Waals surface area contributed by atoms with Crippen LogP contribution in [0.15, 0.2) is 42.5 Å². The van der Waals surface area contributed by atoms with Gasteiger partial charge in [0.15, 0.2) is 0 Å². The van der Waals surface area contributed by atoms with E-state index in [0.29, 0.717) is 13.1 Å². The molecule has 2 aliphatic rings. The summed E-state index contributed by atoms with van der Waals surface area (Å²) in [5.74, 6) is -2.82. The van der Waals surface area contributed by atoms with Crippen LogP contribution in [0, 0.1) is 28.8 Å². The molecule has 190 valence electrons. The molecule has 2 amide bonds. The predicted molar refractivity (Wildman–Crippen MR) is 129 cm³/mol. The summed E-state index contributed by atoms with van der Waals surface area (Å²) >= 11 is 0. The molecule has 2 aliphatic heterocycles. The standard InChI is InChI=1S/C27H32F3N3O2.H2/c1-17(2)24(31-25(34)21-14-20(29)8-9-23(21)30)26(35)33-12-10-27(11-13-33)16-32(3)15-22(27)18-4-6-19(28)7-5-18;/h4-9,14,17,22,24H,10-13,15-16H2,1-3H3,(H,31,34);1H/t22?,24-;/m1./s1. The van der Waals surface area contributed by atoms with Gasteiger partial charge in [-0.2, -0.15) is 0 Å². The Balaban J connectivity index is 0.00000361. The first-order valence-electron chi connectivity index (χ1n) is 12.1. The molecule has 8 heteroatoms. The van der Waals surface area contributed by atoms with Crippen LogP contribution in [-0.4, -0.2) is 60.9 Å². The third-order valence-electron chi connectivity index (χ3n) is 7.55. The minimum Gasteiger partial charge on any atom is -0.341 e. The summed E-state index contributed by atoms with van der Waals surface area (Å²) in [5, 5.41) is 2.63. The van der Waals surface area contributed by atoms with Crippen LogP contribution < -0.4 is 5.32 Å². The van der Waals surface area contributed by atoms with Crippen LogP contribution in [0.5, 0.6) is 0 Å². The van der Waals surface area contributed by atoms with Crippen molar-refractivity contribution in [2.24, 2.45) is 11.3 Å². The SMILES string of the molecule is CC(C)[C@@H](NC(=O)c1cc(F)ccc1F)C(=O)N1CCC2(CC1)CN(C)CC2c1ccc(F)cc1.[HH].